The first kappa shape index (κ1) is 18.3. The summed E-state index contributed by atoms with van der Waals surface area (Å²) in [6.07, 6.45) is 0. The molecule has 0 unspecified atom stereocenters. The van der Waals surface area contributed by atoms with E-state index < -0.39 is 16.6 Å². The lowest BCUT2D eigenvalue weighted by Gasteiger charge is -2.06. The van der Waals surface area contributed by atoms with Gasteiger partial charge >= 0.3 is 0 Å². The third-order valence-electron chi connectivity index (χ3n) is 4.39. The van der Waals surface area contributed by atoms with Crippen molar-refractivity contribution in [3.8, 4) is 11.5 Å². The van der Waals surface area contributed by atoms with Gasteiger partial charge in [-0.3, -0.25) is 14.9 Å². The Labute approximate surface area is 164 Å². The average molecular weight is 391 g/mol. The molecule has 0 aliphatic heterocycles. The third kappa shape index (κ3) is 3.68. The number of nitro groups is 1. The van der Waals surface area contributed by atoms with Crippen LogP contribution in [0.4, 0.5) is 15.8 Å². The quantitative estimate of drug-likeness (QED) is 0.385. The number of nitro benzene ring substituents is 1. The number of aromatic nitrogens is 1. The lowest BCUT2D eigenvalue weighted by Crippen LogP contribution is -2.12. The molecule has 1 amide bonds. The molecule has 1 N–H and O–H groups in total. The van der Waals surface area contributed by atoms with Gasteiger partial charge in [-0.2, -0.15) is 0 Å². The fraction of sp³-hybridized carbons (Fsp3) is 0.0476. The molecule has 29 heavy (non-hydrogen) atoms. The SMILES string of the molecule is Cc1ccc(C(=O)Nc2ccc3oc(-c4cccc(F)c4)nc3c2)cc1[N+](=O)[O-]. The van der Waals surface area contributed by atoms with Crippen molar-refractivity contribution >= 4 is 28.4 Å². The van der Waals surface area contributed by atoms with Crippen molar-refractivity contribution in [2.24, 2.45) is 0 Å². The summed E-state index contributed by atoms with van der Waals surface area (Å²) in [6, 6.07) is 15.1. The van der Waals surface area contributed by atoms with Crippen LogP contribution in [-0.4, -0.2) is 15.8 Å². The molecule has 7 nitrogen and oxygen atoms in total. The summed E-state index contributed by atoms with van der Waals surface area (Å²) in [4.78, 5) is 27.4. The number of benzene rings is 3. The second kappa shape index (κ2) is 7.16. The number of fused-ring (bicyclic) bond motifs is 1. The van der Waals surface area contributed by atoms with E-state index in [1.54, 1.807) is 37.3 Å². The number of oxazole rings is 1. The number of hydrogen-bond donors (Lipinski definition) is 1. The molecule has 0 spiro atoms. The van der Waals surface area contributed by atoms with Gasteiger partial charge in [0.05, 0.1) is 4.92 Å². The molecule has 0 aliphatic carbocycles. The fourth-order valence-electron chi connectivity index (χ4n) is 2.90. The van der Waals surface area contributed by atoms with Crippen LogP contribution in [0.2, 0.25) is 0 Å². The maximum Gasteiger partial charge on any atom is 0.273 e. The number of carbonyl (C=O) groups excluding carboxylic acids is 1. The molecule has 1 aromatic heterocycles. The number of rotatable bonds is 4. The van der Waals surface area contributed by atoms with Gasteiger partial charge in [0, 0.05) is 28.4 Å². The molecule has 0 aliphatic rings. The summed E-state index contributed by atoms with van der Waals surface area (Å²) in [5, 5.41) is 13.8. The fourth-order valence-corrected chi connectivity index (χ4v) is 2.90. The van der Waals surface area contributed by atoms with Gasteiger partial charge in [0.1, 0.15) is 11.3 Å². The van der Waals surface area contributed by atoms with E-state index >= 15 is 0 Å². The predicted molar refractivity (Wildman–Crippen MR) is 105 cm³/mol. The van der Waals surface area contributed by atoms with Gasteiger partial charge in [0.2, 0.25) is 5.89 Å². The Bertz CT molecular complexity index is 1270. The standard InChI is InChI=1S/C21H14FN3O4/c1-12-5-6-13(10-18(12)25(27)28)20(26)23-16-7-8-19-17(11-16)24-21(29-19)14-3-2-4-15(22)9-14/h2-11H,1H3,(H,23,26). The van der Waals surface area contributed by atoms with Crippen LogP contribution in [-0.2, 0) is 0 Å². The molecule has 0 radical (unpaired) electrons. The van der Waals surface area contributed by atoms with Crippen molar-refractivity contribution in [2.75, 3.05) is 5.32 Å². The number of anilines is 1. The van der Waals surface area contributed by atoms with Crippen LogP contribution in [0.5, 0.6) is 0 Å². The molecule has 0 atom stereocenters. The summed E-state index contributed by atoms with van der Waals surface area (Å²) in [5.41, 5.74) is 2.43. The van der Waals surface area contributed by atoms with Crippen LogP contribution in [0.3, 0.4) is 0 Å². The van der Waals surface area contributed by atoms with E-state index in [1.165, 1.54) is 30.3 Å². The smallest absolute Gasteiger partial charge is 0.273 e. The Kier molecular flexibility index (Phi) is 4.52. The van der Waals surface area contributed by atoms with Crippen molar-refractivity contribution in [1.29, 1.82) is 0 Å². The molecule has 3 aromatic carbocycles. The highest BCUT2D eigenvalue weighted by Gasteiger charge is 2.16. The van der Waals surface area contributed by atoms with Crippen molar-refractivity contribution in [3.63, 3.8) is 0 Å². The lowest BCUT2D eigenvalue weighted by molar-refractivity contribution is -0.385. The molecular weight excluding hydrogens is 377 g/mol. The maximum absolute atomic E-state index is 13.4. The van der Waals surface area contributed by atoms with Crippen LogP contribution >= 0.6 is 0 Å². The summed E-state index contributed by atoms with van der Waals surface area (Å²) >= 11 is 0. The highest BCUT2D eigenvalue weighted by atomic mass is 19.1. The monoisotopic (exact) mass is 391 g/mol. The average Bonchev–Trinajstić information content (AvgIpc) is 3.11. The molecule has 8 heteroatoms. The van der Waals surface area contributed by atoms with Gasteiger partial charge < -0.3 is 9.73 Å². The van der Waals surface area contributed by atoms with Crippen LogP contribution in [0.1, 0.15) is 15.9 Å². The molecular formula is C21H14FN3O4. The van der Waals surface area contributed by atoms with Gasteiger partial charge in [0.15, 0.2) is 5.58 Å². The highest BCUT2D eigenvalue weighted by molar-refractivity contribution is 6.05. The highest BCUT2D eigenvalue weighted by Crippen LogP contribution is 2.27. The summed E-state index contributed by atoms with van der Waals surface area (Å²) in [5.74, 6) is -0.622. The second-order valence-electron chi connectivity index (χ2n) is 6.42. The normalized spacial score (nSPS) is 10.8. The molecule has 4 aromatic rings. The van der Waals surface area contributed by atoms with E-state index in [-0.39, 0.29) is 17.1 Å². The first-order chi connectivity index (χ1) is 13.9. The van der Waals surface area contributed by atoms with E-state index in [2.05, 4.69) is 10.3 Å². The molecule has 1 heterocycles. The predicted octanol–water partition coefficient (Wildman–Crippen LogP) is 5.10. The van der Waals surface area contributed by atoms with E-state index in [0.717, 1.165) is 0 Å². The Morgan fingerprint density at radius 2 is 1.97 bits per heavy atom. The number of carbonyl (C=O) groups is 1. The molecule has 0 saturated heterocycles. The largest absolute Gasteiger partial charge is 0.436 e. The topological polar surface area (TPSA) is 98.3 Å². The minimum Gasteiger partial charge on any atom is -0.436 e. The van der Waals surface area contributed by atoms with Crippen molar-refractivity contribution < 1.29 is 18.5 Å². The third-order valence-corrected chi connectivity index (χ3v) is 4.39. The number of nitrogens with one attached hydrogen (secondary N) is 1. The van der Waals surface area contributed by atoms with Crippen LogP contribution in [0.15, 0.2) is 65.1 Å². The van der Waals surface area contributed by atoms with E-state index in [1.807, 2.05) is 0 Å². The van der Waals surface area contributed by atoms with Gasteiger partial charge in [0.25, 0.3) is 11.6 Å². The second-order valence-corrected chi connectivity index (χ2v) is 6.42. The van der Waals surface area contributed by atoms with E-state index in [0.29, 0.717) is 27.9 Å². The summed E-state index contributed by atoms with van der Waals surface area (Å²) in [6.45, 7) is 1.61. The van der Waals surface area contributed by atoms with Crippen molar-refractivity contribution in [2.45, 2.75) is 6.92 Å². The minimum absolute atomic E-state index is 0.121. The van der Waals surface area contributed by atoms with Gasteiger partial charge in [-0.25, -0.2) is 9.37 Å². The Morgan fingerprint density at radius 1 is 1.14 bits per heavy atom. The number of halogens is 1. The Morgan fingerprint density at radius 3 is 2.72 bits per heavy atom. The molecule has 144 valence electrons. The van der Waals surface area contributed by atoms with Gasteiger partial charge in [-0.1, -0.05) is 12.1 Å². The van der Waals surface area contributed by atoms with Crippen LogP contribution in [0.25, 0.3) is 22.6 Å². The molecule has 0 saturated carbocycles. The van der Waals surface area contributed by atoms with Crippen LogP contribution in [0, 0.1) is 22.9 Å². The molecule has 4 rings (SSSR count). The van der Waals surface area contributed by atoms with Crippen LogP contribution < -0.4 is 5.32 Å². The maximum atomic E-state index is 13.4. The number of amides is 1. The minimum atomic E-state index is -0.526. The van der Waals surface area contributed by atoms with Crippen molar-refractivity contribution in [3.05, 3.63) is 87.7 Å². The first-order valence-electron chi connectivity index (χ1n) is 8.63. The number of hydrogen-bond acceptors (Lipinski definition) is 5. The number of aryl methyl sites for hydroxylation is 1. The lowest BCUT2D eigenvalue weighted by atomic mass is 10.1. The van der Waals surface area contributed by atoms with Gasteiger partial charge in [-0.05, 0) is 49.4 Å². The number of nitrogens with zero attached hydrogens (tertiary/aromatic N) is 2. The van der Waals surface area contributed by atoms with Crippen molar-refractivity contribution in [1.82, 2.24) is 4.98 Å². The first-order valence-corrected chi connectivity index (χ1v) is 8.63. The zero-order valence-corrected chi connectivity index (χ0v) is 15.2. The van der Waals surface area contributed by atoms with E-state index in [4.69, 9.17) is 4.42 Å². The zero-order chi connectivity index (χ0) is 20.5. The van der Waals surface area contributed by atoms with Gasteiger partial charge in [-0.15, -0.1) is 0 Å². The Balaban J connectivity index is 1.61. The molecule has 0 fully saturated rings. The Hall–Kier alpha value is -4.07. The zero-order valence-electron chi connectivity index (χ0n) is 15.2. The summed E-state index contributed by atoms with van der Waals surface area (Å²) in [7, 11) is 0. The molecule has 0 bridgehead atoms. The summed E-state index contributed by atoms with van der Waals surface area (Å²) < 4.78 is 19.1. The van der Waals surface area contributed by atoms with E-state index in [9.17, 15) is 19.3 Å².